The van der Waals surface area contributed by atoms with Gasteiger partial charge >= 0.3 is 0 Å². The monoisotopic (exact) mass is 447 g/mol. The second-order valence-electron chi connectivity index (χ2n) is 7.34. The van der Waals surface area contributed by atoms with E-state index >= 15 is 0 Å². The van der Waals surface area contributed by atoms with Gasteiger partial charge in [0, 0.05) is 30.7 Å². The summed E-state index contributed by atoms with van der Waals surface area (Å²) in [5.41, 5.74) is 2.88. The fourth-order valence-electron chi connectivity index (χ4n) is 3.34. The molecule has 1 unspecified atom stereocenters. The summed E-state index contributed by atoms with van der Waals surface area (Å²) in [6, 6.07) is 13.2. The summed E-state index contributed by atoms with van der Waals surface area (Å²) in [6.45, 7) is 1.85. The Kier molecular flexibility index (Phi) is 6.14. The lowest BCUT2D eigenvalue weighted by Crippen LogP contribution is -2.49. The number of carbonyl (C=O) groups excluding carboxylic acids is 2. The van der Waals surface area contributed by atoms with Crippen LogP contribution in [0.25, 0.3) is 22.0 Å². The van der Waals surface area contributed by atoms with E-state index in [0.29, 0.717) is 18.0 Å². The number of amides is 2. The molecule has 8 nitrogen and oxygen atoms in total. The van der Waals surface area contributed by atoms with Crippen LogP contribution in [0.4, 0.5) is 5.69 Å². The molecular weight excluding hydrogens is 426 g/mol. The number of nitriles is 1. The summed E-state index contributed by atoms with van der Waals surface area (Å²) in [5.74, 6) is 0.00259. The van der Waals surface area contributed by atoms with Crippen molar-refractivity contribution in [2.75, 3.05) is 25.0 Å². The standard InChI is InChI=1S/C23H21N5O3S/c1-15-23(30)28(13-21(29)27(2)11-5-9-24)19-12-16(7-8-20(19)31-15)18-14-32-22(26-18)17-6-3-4-10-25-17/h3-4,6-8,10,12,14-15H,5,11,13H2,1-2H3. The zero-order valence-electron chi connectivity index (χ0n) is 17.7. The van der Waals surface area contributed by atoms with Crippen LogP contribution < -0.4 is 9.64 Å². The highest BCUT2D eigenvalue weighted by molar-refractivity contribution is 7.13. The Morgan fingerprint density at radius 2 is 2.16 bits per heavy atom. The van der Waals surface area contributed by atoms with Gasteiger partial charge in [-0.2, -0.15) is 5.26 Å². The lowest BCUT2D eigenvalue weighted by atomic mass is 10.1. The molecule has 32 heavy (non-hydrogen) atoms. The Hall–Kier alpha value is -3.77. The number of rotatable bonds is 6. The summed E-state index contributed by atoms with van der Waals surface area (Å²) >= 11 is 1.49. The Labute approximate surface area is 189 Å². The van der Waals surface area contributed by atoms with E-state index in [1.54, 1.807) is 26.2 Å². The van der Waals surface area contributed by atoms with E-state index in [2.05, 4.69) is 9.97 Å². The molecule has 1 aliphatic heterocycles. The molecule has 3 aromatic rings. The van der Waals surface area contributed by atoms with Crippen molar-refractivity contribution >= 4 is 28.8 Å². The Bertz CT molecular complexity index is 1190. The molecule has 2 amide bonds. The first-order valence-corrected chi connectivity index (χ1v) is 11.0. The Morgan fingerprint density at radius 3 is 2.91 bits per heavy atom. The van der Waals surface area contributed by atoms with Crippen molar-refractivity contribution in [3.63, 3.8) is 0 Å². The van der Waals surface area contributed by atoms with Gasteiger partial charge in [-0.05, 0) is 37.3 Å². The van der Waals surface area contributed by atoms with Crippen LogP contribution in [-0.4, -0.2) is 52.9 Å². The van der Waals surface area contributed by atoms with Gasteiger partial charge in [0.15, 0.2) is 6.10 Å². The number of carbonyl (C=O) groups is 2. The molecule has 0 fully saturated rings. The summed E-state index contributed by atoms with van der Waals surface area (Å²) < 4.78 is 5.76. The second kappa shape index (κ2) is 9.16. The Balaban J connectivity index is 1.64. The van der Waals surface area contributed by atoms with E-state index in [0.717, 1.165) is 22.0 Å². The van der Waals surface area contributed by atoms with Gasteiger partial charge < -0.3 is 9.64 Å². The number of benzene rings is 1. The number of nitrogens with zero attached hydrogens (tertiary/aromatic N) is 5. The van der Waals surface area contributed by atoms with E-state index in [1.165, 1.54) is 21.1 Å². The largest absolute Gasteiger partial charge is 0.479 e. The maximum atomic E-state index is 12.9. The molecule has 9 heteroatoms. The molecule has 1 aliphatic rings. The van der Waals surface area contributed by atoms with Crippen molar-refractivity contribution in [2.24, 2.45) is 0 Å². The quantitative estimate of drug-likeness (QED) is 0.575. The summed E-state index contributed by atoms with van der Waals surface area (Å²) in [6.07, 6.45) is 1.27. The van der Waals surface area contributed by atoms with Crippen LogP contribution in [0, 0.1) is 11.3 Å². The number of hydrogen-bond donors (Lipinski definition) is 0. The fourth-order valence-corrected chi connectivity index (χ4v) is 4.15. The number of ether oxygens (including phenoxy) is 1. The molecule has 0 aliphatic carbocycles. The maximum absolute atomic E-state index is 12.9. The molecule has 0 radical (unpaired) electrons. The normalized spacial score (nSPS) is 15.0. The topological polar surface area (TPSA) is 99.4 Å². The van der Waals surface area contributed by atoms with Gasteiger partial charge in [0.2, 0.25) is 5.91 Å². The minimum atomic E-state index is -0.694. The molecule has 3 heterocycles. The number of hydrogen-bond acceptors (Lipinski definition) is 7. The predicted molar refractivity (Wildman–Crippen MR) is 121 cm³/mol. The van der Waals surface area contributed by atoms with Crippen LogP contribution in [-0.2, 0) is 9.59 Å². The van der Waals surface area contributed by atoms with E-state index < -0.39 is 6.10 Å². The molecule has 0 bridgehead atoms. The van der Waals surface area contributed by atoms with E-state index in [4.69, 9.17) is 10.00 Å². The van der Waals surface area contributed by atoms with Crippen molar-refractivity contribution in [1.29, 1.82) is 5.26 Å². The first kappa shape index (κ1) is 21.5. The highest BCUT2D eigenvalue weighted by Crippen LogP contribution is 2.38. The van der Waals surface area contributed by atoms with Gasteiger partial charge in [0.1, 0.15) is 17.3 Å². The molecule has 1 aromatic carbocycles. The minimum Gasteiger partial charge on any atom is -0.479 e. The molecule has 2 aromatic heterocycles. The van der Waals surface area contributed by atoms with Gasteiger partial charge in [-0.15, -0.1) is 11.3 Å². The molecule has 0 saturated carbocycles. The fraction of sp³-hybridized carbons (Fsp3) is 0.261. The number of pyridine rings is 1. The second-order valence-corrected chi connectivity index (χ2v) is 8.20. The first-order valence-electron chi connectivity index (χ1n) is 10.1. The molecule has 162 valence electrons. The lowest BCUT2D eigenvalue weighted by Gasteiger charge is -2.33. The summed E-state index contributed by atoms with van der Waals surface area (Å²) in [5, 5.41) is 11.5. The number of likely N-dealkylation sites (N-methyl/N-ethyl adjacent to an activating group) is 1. The summed E-state index contributed by atoms with van der Waals surface area (Å²) in [4.78, 5) is 37.4. The third-order valence-electron chi connectivity index (χ3n) is 5.13. The number of anilines is 1. The van der Waals surface area contributed by atoms with Crippen molar-refractivity contribution in [3.8, 4) is 33.8 Å². The molecule has 0 N–H and O–H groups in total. The third kappa shape index (κ3) is 4.31. The van der Waals surface area contributed by atoms with Gasteiger partial charge in [-0.3, -0.25) is 19.5 Å². The average molecular weight is 448 g/mol. The van der Waals surface area contributed by atoms with E-state index in [9.17, 15) is 9.59 Å². The Morgan fingerprint density at radius 1 is 1.31 bits per heavy atom. The smallest absolute Gasteiger partial charge is 0.268 e. The number of aromatic nitrogens is 2. The maximum Gasteiger partial charge on any atom is 0.268 e. The van der Waals surface area contributed by atoms with Gasteiger partial charge in [0.05, 0.1) is 29.6 Å². The molecule has 4 rings (SSSR count). The van der Waals surface area contributed by atoms with Crippen LogP contribution in [0.3, 0.4) is 0 Å². The highest BCUT2D eigenvalue weighted by Gasteiger charge is 2.33. The van der Waals surface area contributed by atoms with E-state index in [1.807, 2.05) is 41.8 Å². The van der Waals surface area contributed by atoms with Crippen LogP contribution in [0.1, 0.15) is 13.3 Å². The van der Waals surface area contributed by atoms with E-state index in [-0.39, 0.29) is 24.8 Å². The zero-order chi connectivity index (χ0) is 22.7. The predicted octanol–water partition coefficient (Wildman–Crippen LogP) is 3.36. The minimum absolute atomic E-state index is 0.124. The summed E-state index contributed by atoms with van der Waals surface area (Å²) in [7, 11) is 1.62. The van der Waals surface area contributed by atoms with Crippen LogP contribution in [0.2, 0.25) is 0 Å². The third-order valence-corrected chi connectivity index (χ3v) is 5.99. The molecule has 0 saturated heterocycles. The van der Waals surface area contributed by atoms with Gasteiger partial charge in [0.25, 0.3) is 5.91 Å². The molecular formula is C23H21N5O3S. The van der Waals surface area contributed by atoms with Crippen LogP contribution >= 0.6 is 11.3 Å². The van der Waals surface area contributed by atoms with Crippen LogP contribution in [0.5, 0.6) is 5.75 Å². The molecule has 1 atom stereocenters. The lowest BCUT2D eigenvalue weighted by molar-refractivity contribution is -0.132. The average Bonchev–Trinajstić information content (AvgIpc) is 3.31. The number of fused-ring (bicyclic) bond motifs is 1. The zero-order valence-corrected chi connectivity index (χ0v) is 18.5. The van der Waals surface area contributed by atoms with Crippen molar-refractivity contribution in [3.05, 3.63) is 48.0 Å². The van der Waals surface area contributed by atoms with Gasteiger partial charge in [-0.25, -0.2) is 4.98 Å². The number of thiazole rings is 1. The SMILES string of the molecule is CC1Oc2ccc(-c3csc(-c4ccccn4)n3)cc2N(CC(=O)N(C)CCC#N)C1=O. The highest BCUT2D eigenvalue weighted by atomic mass is 32.1. The molecule has 0 spiro atoms. The first-order chi connectivity index (χ1) is 15.5. The van der Waals surface area contributed by atoms with Crippen molar-refractivity contribution < 1.29 is 14.3 Å². The van der Waals surface area contributed by atoms with Crippen molar-refractivity contribution in [1.82, 2.24) is 14.9 Å². The van der Waals surface area contributed by atoms with Crippen molar-refractivity contribution in [2.45, 2.75) is 19.4 Å². The van der Waals surface area contributed by atoms with Crippen LogP contribution in [0.15, 0.2) is 48.0 Å². The van der Waals surface area contributed by atoms with Gasteiger partial charge in [-0.1, -0.05) is 6.07 Å².